The number of benzene rings is 3. The summed E-state index contributed by atoms with van der Waals surface area (Å²) in [7, 11) is 0. The minimum Gasteiger partial charge on any atom is -0.480 e. The van der Waals surface area contributed by atoms with Gasteiger partial charge in [-0.1, -0.05) is 42.5 Å². The number of halogens is 3. The fraction of sp³-hybridized carbons (Fsp3) is 0.111. The van der Waals surface area contributed by atoms with Crippen LogP contribution in [0.3, 0.4) is 0 Å². The quantitative estimate of drug-likeness (QED) is 0.317. The number of rotatable bonds is 5. The Hall–Kier alpha value is -4.73. The Labute approximate surface area is 207 Å². The van der Waals surface area contributed by atoms with Gasteiger partial charge in [0.05, 0.1) is 22.7 Å². The van der Waals surface area contributed by atoms with E-state index in [4.69, 9.17) is 0 Å². The second kappa shape index (κ2) is 9.05. The summed E-state index contributed by atoms with van der Waals surface area (Å²) in [4.78, 5) is 29.5. The molecule has 7 nitrogen and oxygen atoms in total. The van der Waals surface area contributed by atoms with Crippen LogP contribution in [-0.2, 0) is 11.0 Å². The molecule has 0 saturated heterocycles. The summed E-state index contributed by atoms with van der Waals surface area (Å²) in [6.45, 7) is 1.54. The van der Waals surface area contributed by atoms with Gasteiger partial charge in [-0.2, -0.15) is 22.9 Å². The molecule has 0 spiro atoms. The minimum atomic E-state index is -4.58. The third kappa shape index (κ3) is 4.37. The third-order valence-electron chi connectivity index (χ3n) is 6.06. The summed E-state index contributed by atoms with van der Waals surface area (Å²) in [5.74, 6) is -1.08. The van der Waals surface area contributed by atoms with Gasteiger partial charge in [0.1, 0.15) is 6.04 Å². The van der Waals surface area contributed by atoms with Gasteiger partial charge in [-0.05, 0) is 37.3 Å². The molecule has 1 N–H and O–H groups in total. The van der Waals surface area contributed by atoms with Gasteiger partial charge in [-0.3, -0.25) is 4.79 Å². The number of fused-ring (bicyclic) bond motifs is 2. The molecular weight excluding hydrogens is 485 g/mol. The van der Waals surface area contributed by atoms with E-state index in [9.17, 15) is 27.9 Å². The lowest BCUT2D eigenvalue weighted by atomic mass is 10.1. The molecule has 2 aromatic heterocycles. The molecular formula is C27H19F3N4O3. The van der Waals surface area contributed by atoms with Crippen LogP contribution < -0.4 is 5.56 Å². The van der Waals surface area contributed by atoms with Gasteiger partial charge in [0.15, 0.2) is 5.82 Å². The summed E-state index contributed by atoms with van der Waals surface area (Å²) in [5, 5.41) is 14.8. The van der Waals surface area contributed by atoms with Crippen molar-refractivity contribution in [3.05, 3.63) is 100 Å². The van der Waals surface area contributed by atoms with Crippen molar-refractivity contribution >= 4 is 34.0 Å². The van der Waals surface area contributed by atoms with Gasteiger partial charge >= 0.3 is 12.1 Å². The van der Waals surface area contributed by atoms with E-state index in [0.717, 1.165) is 16.8 Å². The lowest BCUT2D eigenvalue weighted by molar-refractivity contribution is -0.140. The van der Waals surface area contributed by atoms with E-state index in [1.807, 2.05) is 0 Å². The van der Waals surface area contributed by atoms with E-state index in [2.05, 4.69) is 10.1 Å². The highest BCUT2D eigenvalue weighted by molar-refractivity contribution is 6.00. The molecule has 0 bridgehead atoms. The normalized spacial score (nSPS) is 13.0. The average Bonchev–Trinajstić information content (AvgIpc) is 3.25. The number of carboxylic acids is 1. The lowest BCUT2D eigenvalue weighted by Gasteiger charge is -2.12. The number of carbonyl (C=O) groups is 1. The van der Waals surface area contributed by atoms with Gasteiger partial charge < -0.3 is 9.67 Å². The zero-order chi connectivity index (χ0) is 26.3. The highest BCUT2D eigenvalue weighted by atomic mass is 19.4. The van der Waals surface area contributed by atoms with Crippen molar-refractivity contribution in [2.24, 2.45) is 5.10 Å². The summed E-state index contributed by atoms with van der Waals surface area (Å²) < 4.78 is 42.7. The SMILES string of the molecule is C[C@H](C(=O)O)n1cc(C=Nn2c(-c3cccc(C(F)(F)F)c3)nc3ccccc3c2=O)c2ccccc21. The summed E-state index contributed by atoms with van der Waals surface area (Å²) >= 11 is 0. The van der Waals surface area contributed by atoms with Crippen molar-refractivity contribution in [3.8, 4) is 11.4 Å². The van der Waals surface area contributed by atoms with E-state index in [1.165, 1.54) is 18.3 Å². The first-order valence-electron chi connectivity index (χ1n) is 11.2. The molecule has 2 heterocycles. The molecule has 0 aliphatic carbocycles. The van der Waals surface area contributed by atoms with Crippen molar-refractivity contribution in [1.29, 1.82) is 0 Å². The van der Waals surface area contributed by atoms with Gasteiger partial charge in [0, 0.05) is 28.2 Å². The minimum absolute atomic E-state index is 0.0614. The molecule has 1 atom stereocenters. The van der Waals surface area contributed by atoms with Gasteiger partial charge in [0.25, 0.3) is 5.56 Å². The van der Waals surface area contributed by atoms with Crippen LogP contribution in [0.5, 0.6) is 0 Å². The second-order valence-corrected chi connectivity index (χ2v) is 8.42. The first-order valence-corrected chi connectivity index (χ1v) is 11.2. The van der Waals surface area contributed by atoms with Gasteiger partial charge in [-0.15, -0.1) is 0 Å². The molecule has 0 aliphatic heterocycles. The molecule has 10 heteroatoms. The molecule has 0 unspecified atom stereocenters. The maximum absolute atomic E-state index is 13.4. The molecule has 0 aliphatic rings. The molecule has 0 radical (unpaired) electrons. The molecule has 5 aromatic rings. The predicted molar refractivity (Wildman–Crippen MR) is 134 cm³/mol. The molecule has 3 aromatic carbocycles. The maximum Gasteiger partial charge on any atom is 0.416 e. The van der Waals surface area contributed by atoms with Crippen LogP contribution in [0.1, 0.15) is 24.1 Å². The fourth-order valence-corrected chi connectivity index (χ4v) is 4.15. The van der Waals surface area contributed by atoms with E-state index in [0.29, 0.717) is 22.0 Å². The standard InChI is InChI=1S/C27H19F3N4O3/c1-16(26(36)37)33-15-18(20-9-3-5-12-23(20)33)14-31-34-24(17-7-6-8-19(13-17)27(28,29)30)32-22-11-4-2-10-21(22)25(34)35/h2-16H,1H3,(H,36,37)/t16-/m1/s1. The van der Waals surface area contributed by atoms with Crippen LogP contribution in [0.4, 0.5) is 13.2 Å². The van der Waals surface area contributed by atoms with Gasteiger partial charge in [-0.25, -0.2) is 9.78 Å². The van der Waals surface area contributed by atoms with Crippen molar-refractivity contribution in [2.45, 2.75) is 19.1 Å². The second-order valence-electron chi connectivity index (χ2n) is 8.42. The van der Waals surface area contributed by atoms with Crippen LogP contribution in [0, 0.1) is 0 Å². The Morgan fingerprint density at radius 2 is 1.73 bits per heavy atom. The number of hydrogen-bond donors (Lipinski definition) is 1. The van der Waals surface area contributed by atoms with E-state index in [1.54, 1.807) is 66.2 Å². The predicted octanol–water partition coefficient (Wildman–Crippen LogP) is 5.56. The van der Waals surface area contributed by atoms with E-state index >= 15 is 0 Å². The van der Waals surface area contributed by atoms with Crippen LogP contribution in [0.15, 0.2) is 88.9 Å². The van der Waals surface area contributed by atoms with Crippen molar-refractivity contribution < 1.29 is 23.1 Å². The first kappa shape index (κ1) is 24.0. The van der Waals surface area contributed by atoms with Crippen LogP contribution >= 0.6 is 0 Å². The van der Waals surface area contributed by atoms with Crippen molar-refractivity contribution in [1.82, 2.24) is 14.2 Å². The number of alkyl halides is 3. The highest BCUT2D eigenvalue weighted by Gasteiger charge is 2.31. The van der Waals surface area contributed by atoms with E-state index in [-0.39, 0.29) is 16.8 Å². The van der Waals surface area contributed by atoms with Gasteiger partial charge in [0.2, 0.25) is 0 Å². The number of aliphatic carboxylic acids is 1. The number of carboxylic acid groups (broad SMARTS) is 1. The number of hydrogen-bond acceptors (Lipinski definition) is 4. The summed E-state index contributed by atoms with van der Waals surface area (Å²) in [6.07, 6.45) is -1.59. The topological polar surface area (TPSA) is 89.5 Å². The third-order valence-corrected chi connectivity index (χ3v) is 6.06. The Balaban J connectivity index is 1.72. The molecule has 5 rings (SSSR count). The fourth-order valence-electron chi connectivity index (χ4n) is 4.15. The Morgan fingerprint density at radius 1 is 1.03 bits per heavy atom. The zero-order valence-electron chi connectivity index (χ0n) is 19.3. The highest BCUT2D eigenvalue weighted by Crippen LogP contribution is 2.32. The van der Waals surface area contributed by atoms with Crippen LogP contribution in [0.2, 0.25) is 0 Å². The molecule has 186 valence electrons. The number of aromatic nitrogens is 3. The number of para-hydroxylation sites is 2. The zero-order valence-corrected chi connectivity index (χ0v) is 19.3. The summed E-state index contributed by atoms with van der Waals surface area (Å²) in [5.41, 5.74) is 0.125. The Bertz CT molecular complexity index is 1750. The lowest BCUT2D eigenvalue weighted by Crippen LogP contribution is -2.20. The Kier molecular flexibility index (Phi) is 5.87. The maximum atomic E-state index is 13.4. The molecule has 0 amide bonds. The van der Waals surface area contributed by atoms with Crippen LogP contribution in [-0.4, -0.2) is 31.5 Å². The van der Waals surface area contributed by atoms with Crippen molar-refractivity contribution in [2.75, 3.05) is 0 Å². The molecule has 0 fully saturated rings. The van der Waals surface area contributed by atoms with Crippen LogP contribution in [0.25, 0.3) is 33.2 Å². The summed E-state index contributed by atoms with van der Waals surface area (Å²) in [6, 6.07) is 17.3. The first-order chi connectivity index (χ1) is 17.6. The average molecular weight is 504 g/mol. The van der Waals surface area contributed by atoms with Crippen molar-refractivity contribution in [3.63, 3.8) is 0 Å². The largest absolute Gasteiger partial charge is 0.480 e. The molecule has 37 heavy (non-hydrogen) atoms. The Morgan fingerprint density at radius 3 is 2.46 bits per heavy atom. The number of nitrogens with zero attached hydrogens (tertiary/aromatic N) is 4. The monoisotopic (exact) mass is 504 g/mol. The molecule has 0 saturated carbocycles. The smallest absolute Gasteiger partial charge is 0.416 e. The van der Waals surface area contributed by atoms with E-state index < -0.39 is 29.3 Å².